The number of thiocarbonyl (C=S) groups is 1. The van der Waals surface area contributed by atoms with Crippen molar-refractivity contribution in [1.29, 1.82) is 0 Å². The lowest BCUT2D eigenvalue weighted by molar-refractivity contribution is -0.133. The van der Waals surface area contributed by atoms with E-state index in [0.717, 1.165) is 26.8 Å². The molecule has 724 valence electrons. The number of amidine groups is 1. The van der Waals surface area contributed by atoms with Crippen molar-refractivity contribution in [2.75, 3.05) is 20.4 Å². The maximum absolute atomic E-state index is 14.4. The fourth-order valence-electron chi connectivity index (χ4n) is 17.1. The summed E-state index contributed by atoms with van der Waals surface area (Å²) in [4.78, 5) is 117. The van der Waals surface area contributed by atoms with Gasteiger partial charge < -0.3 is 56.2 Å². The number of aromatic hydroxyl groups is 1. The predicted octanol–water partition coefficient (Wildman–Crippen LogP) is 21.4. The molecule has 0 radical (unpaired) electrons. The zero-order valence-corrected chi connectivity index (χ0v) is 85.4. The minimum Gasteiger partial charge on any atom is -0.507 e. The van der Waals surface area contributed by atoms with Gasteiger partial charge in [0.25, 0.3) is 23.6 Å². The van der Waals surface area contributed by atoms with E-state index in [1.54, 1.807) is 195 Å². The zero-order valence-electron chi connectivity index (χ0n) is 74.3. The number of fused-ring (bicyclic) bond motifs is 9. The topological polar surface area (TPSA) is 351 Å². The molecule has 39 heteroatoms. The van der Waals surface area contributed by atoms with Gasteiger partial charge in [0.2, 0.25) is 6.41 Å². The molecule has 9 atom stereocenters. The summed E-state index contributed by atoms with van der Waals surface area (Å²) in [7, 11) is 3.30. The lowest BCUT2D eigenvalue weighted by Gasteiger charge is -2.38. The van der Waals surface area contributed by atoms with Crippen LogP contribution in [0.3, 0.4) is 0 Å². The van der Waals surface area contributed by atoms with E-state index < -0.39 is 76.2 Å². The largest absolute Gasteiger partial charge is 0.507 e. The minimum absolute atomic E-state index is 0.0284. The number of phenolic OH excluding ortho intramolecular Hbond substituents is 1. The van der Waals surface area contributed by atoms with Gasteiger partial charge in [-0.2, -0.15) is 0 Å². The molecule has 9 aliphatic heterocycles. The number of hydrogen-bond donors (Lipinski definition) is 7. The van der Waals surface area contributed by atoms with Crippen LogP contribution in [-0.4, -0.2) is 105 Å². The number of thioether (sulfide) groups is 1. The number of aliphatic imine (C=N–C) groups is 2. The number of halogens is 12. The Balaban J connectivity index is 0.000000133. The number of nitrogens with one attached hydrogen (secondary N) is 4. The van der Waals surface area contributed by atoms with E-state index in [2.05, 4.69) is 128 Å². The number of ether oxygens (including phenoxy) is 5. The number of urea groups is 1. The summed E-state index contributed by atoms with van der Waals surface area (Å²) >= 11 is 26.7. The van der Waals surface area contributed by atoms with Crippen LogP contribution in [-0.2, 0) is 46.1 Å². The average Bonchev–Trinajstić information content (AvgIpc) is 1.55. The second-order valence-corrected chi connectivity index (χ2v) is 39.1. The van der Waals surface area contributed by atoms with E-state index in [1.165, 1.54) is 72.1 Å². The van der Waals surface area contributed by atoms with E-state index in [4.69, 9.17) is 56.5 Å². The summed E-state index contributed by atoms with van der Waals surface area (Å²) in [5.74, 6) is -0.843. The summed E-state index contributed by atoms with van der Waals surface area (Å²) in [6.45, 7) is 1.42. The van der Waals surface area contributed by atoms with Gasteiger partial charge in [0.1, 0.15) is 99.9 Å². The van der Waals surface area contributed by atoms with Crippen molar-refractivity contribution in [3.63, 3.8) is 0 Å². The second-order valence-electron chi connectivity index (χ2n) is 32.4. The molecule has 9 unspecified atom stereocenters. The minimum atomic E-state index is -1.28. The fourth-order valence-corrected chi connectivity index (χ4v) is 20.1. The molecule has 0 bridgehead atoms. The van der Waals surface area contributed by atoms with Crippen molar-refractivity contribution in [3.8, 4) is 34.5 Å². The van der Waals surface area contributed by atoms with Crippen LogP contribution in [0.4, 0.5) is 31.1 Å². The third-order valence-corrected chi connectivity index (χ3v) is 27.6. The molecule has 2 saturated heterocycles. The molecule has 12 aromatic rings. The number of carbonyl (C=O) groups excluding carboxylic acids is 9. The molecular formula is C102H80Br6F6N10O15S2. The first-order valence-electron chi connectivity index (χ1n) is 42.6. The van der Waals surface area contributed by atoms with E-state index in [-0.39, 0.29) is 113 Å². The van der Waals surface area contributed by atoms with Gasteiger partial charge in [-0.1, -0.05) is 210 Å². The van der Waals surface area contributed by atoms with Crippen LogP contribution in [0.15, 0.2) is 292 Å². The first kappa shape index (κ1) is 104. The molecule has 0 aliphatic carbocycles. The second kappa shape index (κ2) is 44.5. The number of hydrogen-bond acceptors (Lipinski definition) is 20. The van der Waals surface area contributed by atoms with Gasteiger partial charge >= 0.3 is 6.03 Å². The number of phenols is 1. The summed E-state index contributed by atoms with van der Waals surface area (Å²) in [6.07, 6.45) is 0.501. The lowest BCUT2D eigenvalue weighted by Crippen LogP contribution is -2.48. The van der Waals surface area contributed by atoms with Crippen molar-refractivity contribution >= 4 is 190 Å². The highest BCUT2D eigenvalue weighted by Gasteiger charge is 2.58. The summed E-state index contributed by atoms with van der Waals surface area (Å²) in [5, 5.41) is 20.8. The first-order valence-corrected chi connectivity index (χ1v) is 49.0. The van der Waals surface area contributed by atoms with Crippen LogP contribution in [0.2, 0.25) is 0 Å². The van der Waals surface area contributed by atoms with Crippen molar-refractivity contribution in [2.24, 2.45) is 21.5 Å². The van der Waals surface area contributed by atoms with Gasteiger partial charge in [0, 0.05) is 117 Å². The molecule has 141 heavy (non-hydrogen) atoms. The smallest absolute Gasteiger partial charge is 0.322 e. The van der Waals surface area contributed by atoms with Crippen LogP contribution in [0, 0.1) is 34.9 Å². The molecule has 0 saturated carbocycles. The molecule has 9 heterocycles. The molecule has 9 aliphatic rings. The molecule has 9 N–H and O–H groups in total. The van der Waals surface area contributed by atoms with Crippen molar-refractivity contribution in [3.05, 3.63) is 383 Å². The van der Waals surface area contributed by atoms with E-state index in [1.807, 2.05) is 36.6 Å². The molecule has 4 spiro atoms. The number of ketones is 2. The van der Waals surface area contributed by atoms with Crippen molar-refractivity contribution in [1.82, 2.24) is 31.1 Å². The molecule has 2 fully saturated rings. The maximum atomic E-state index is 14.4. The SMILES string of the molecule is CC(=O)c1cc(Br)ccc1O.CN1C(=O)C2(CC(c3ccccc3F)Oc3ccc(Br)cc32)N=C1N.CSC1=NC2(CC(c3ccccc3F)Oc3ccc(Br)cc32)C(=O)N1C.NC=O.O=C1CC(c2ccccc2F)Oc2ccc(Br)cc21.O=C1NC(=O)C2(CC(c3ccccc3F)Oc3ccc(Br)cc32)N1.O=C1NC(=S)NC12CC(c1ccccc1F)Oc1ccc(Br)cc12.O=Cc1ccccc1F. The van der Waals surface area contributed by atoms with Gasteiger partial charge in [0.15, 0.2) is 56.2 Å². The molecule has 25 nitrogen and oxygen atoms in total. The van der Waals surface area contributed by atoms with Crippen molar-refractivity contribution in [2.45, 2.75) is 91.7 Å². The zero-order chi connectivity index (χ0) is 101. The monoisotopic (exact) mass is 2340 g/mol. The normalized spacial score (nSPS) is 21.2. The highest BCUT2D eigenvalue weighted by molar-refractivity contribution is 9.11. The van der Waals surface area contributed by atoms with E-state index in [9.17, 15) is 64.7 Å². The number of primary amides is 1. The third kappa shape index (κ3) is 22.2. The van der Waals surface area contributed by atoms with Crippen LogP contribution in [0.25, 0.3) is 0 Å². The van der Waals surface area contributed by atoms with E-state index >= 15 is 0 Å². The summed E-state index contributed by atoms with van der Waals surface area (Å²) in [5.41, 5.74) is 11.0. The number of carbonyl (C=O) groups is 9. The predicted molar refractivity (Wildman–Crippen MR) is 540 cm³/mol. The third-order valence-electron chi connectivity index (χ3n) is 23.7. The number of aldehydes is 1. The van der Waals surface area contributed by atoms with Gasteiger partial charge in [0.05, 0.1) is 23.1 Å². The Bertz CT molecular complexity index is 6900. The van der Waals surface area contributed by atoms with Crippen LogP contribution < -0.4 is 56.4 Å². The molecular weight excluding hydrogens is 2260 g/mol. The first-order chi connectivity index (χ1) is 67.4. The number of nitrogens with two attached hydrogens (primary N) is 2. The standard InChI is InChI=1S/C19H16BrFN2O2S.C18H15BrFN3O2.C17H12BrFN2O3.C17H12BrFN2O2S.C15H10BrFO2.C8H7BrO2.C7H5FO.CH3NO/c1-23-17(24)19(22-18(23)26-2)10-16(12-5-3-4-6-14(12)21)25-15-8-7-11(20)9-13(15)19;1-23-16(24)18(22-17(23)21)9-15(11-4-2-3-5-13(11)20)25-14-7-6-10(19)8-12(14)18;18-9-5-6-13-11(7-9)17(15(22)20-16(23)21-17)8-14(24-13)10-3-1-2-4-12(10)19;18-9-5-6-13-11(7-9)17(15(22)20-16(24)21-17)8-14(23-13)10-3-1-2-4-12(10)19;16-9-5-6-14-11(7-9)13(18)8-15(19-14)10-3-1-2-4-12(10)17;1-5(10)7-4-6(9)2-3-8(7)11;8-7-4-2-1-3-6(7)5-9;2-1-3/h3-9,16H,10H2,1-2H3;2-8,15H,9H2,1H3,(H2,21,22);1-7,14H,8H2,(H2,20,21,22,23);1-7,14H,8H2,(H2,20,21,22,24);1-7,15H,8H2;2-4,11H,1H3;1-5H;1H,(H2,2,3). The van der Waals surface area contributed by atoms with Crippen LogP contribution in [0.5, 0.6) is 34.5 Å². The summed E-state index contributed by atoms with van der Waals surface area (Å²) < 4.78 is 118. The van der Waals surface area contributed by atoms with Gasteiger partial charge in [-0.3, -0.25) is 53.5 Å². The molecule has 21 rings (SSSR count). The highest BCUT2D eigenvalue weighted by Crippen LogP contribution is 2.55. The van der Waals surface area contributed by atoms with Gasteiger partial charge in [-0.15, -0.1) is 0 Å². The fraction of sp³-hybridized carbons (Fsp3) is 0.176. The Morgan fingerprint density at radius 1 is 0.454 bits per heavy atom. The van der Waals surface area contributed by atoms with Gasteiger partial charge in [-0.25, -0.2) is 41.1 Å². The Labute approximate surface area is 863 Å². The highest BCUT2D eigenvalue weighted by atomic mass is 79.9. The Hall–Kier alpha value is -12.9. The number of likely N-dealkylation sites (N-methyl/N-ethyl adjacent to an activating group) is 2. The molecule has 7 amide bonds. The Morgan fingerprint density at radius 3 is 1.15 bits per heavy atom. The number of amides is 7. The summed E-state index contributed by atoms with van der Waals surface area (Å²) in [6, 6.07) is 68.8. The number of guanidine groups is 1. The van der Waals surface area contributed by atoms with Crippen LogP contribution in [0.1, 0.15) is 151 Å². The van der Waals surface area contributed by atoms with E-state index in [0.29, 0.717) is 101 Å². The number of imide groups is 1. The Kier molecular flexibility index (Phi) is 32.8. The van der Waals surface area contributed by atoms with Crippen molar-refractivity contribution < 1.29 is 98.3 Å². The van der Waals surface area contributed by atoms with Gasteiger partial charge in [-0.05, 0) is 177 Å². The maximum Gasteiger partial charge on any atom is 0.322 e. The molecule has 12 aromatic carbocycles. The van der Waals surface area contributed by atoms with Crippen LogP contribution >= 0.6 is 120 Å². The number of nitrogens with zero attached hydrogens (tertiary/aromatic N) is 4. The number of Topliss-reactive ketones (excluding diaryl/α,β-unsaturated/α-hetero) is 2. The molecule has 0 aromatic heterocycles. The number of rotatable bonds is 7. The quantitative estimate of drug-likeness (QED) is 0.0256. The lowest BCUT2D eigenvalue weighted by atomic mass is 9.80. The average molecular weight is 2340 g/mol. The number of benzene rings is 12. The Morgan fingerprint density at radius 2 is 0.794 bits per heavy atom.